The summed E-state index contributed by atoms with van der Waals surface area (Å²) in [6.07, 6.45) is 0. The Balaban J connectivity index is 2.10. The third kappa shape index (κ3) is 3.42. The lowest BCUT2D eigenvalue weighted by Gasteiger charge is -2.18. The Hall–Kier alpha value is -2.22. The smallest absolute Gasteiger partial charge is 0.323 e. The van der Waals surface area contributed by atoms with Gasteiger partial charge >= 0.3 is 17.8 Å². The van der Waals surface area contributed by atoms with Crippen LogP contribution in [0.4, 0.5) is 10.5 Å². The predicted molar refractivity (Wildman–Crippen MR) is 86.6 cm³/mol. The van der Waals surface area contributed by atoms with Crippen LogP contribution in [0.15, 0.2) is 22.7 Å². The number of hydrogen-bond acceptors (Lipinski definition) is 4. The van der Waals surface area contributed by atoms with Gasteiger partial charge in [-0.15, -0.1) is 0 Å². The first-order chi connectivity index (χ1) is 10.7. The van der Waals surface area contributed by atoms with Gasteiger partial charge in [0.2, 0.25) is 5.91 Å². The van der Waals surface area contributed by atoms with Crippen LogP contribution in [0.5, 0.6) is 0 Å². The molecule has 2 rings (SSSR count). The van der Waals surface area contributed by atoms with Crippen molar-refractivity contribution in [2.75, 3.05) is 11.9 Å². The van der Waals surface area contributed by atoms with Crippen LogP contribution in [0.25, 0.3) is 0 Å². The molecule has 0 spiro atoms. The van der Waals surface area contributed by atoms with Crippen molar-refractivity contribution in [2.24, 2.45) is 0 Å². The van der Waals surface area contributed by atoms with Gasteiger partial charge in [0.25, 0.3) is 0 Å². The summed E-state index contributed by atoms with van der Waals surface area (Å²) in [5.74, 6) is -2.45. The molecule has 1 heterocycles. The number of anilines is 1. The van der Waals surface area contributed by atoms with E-state index in [9.17, 15) is 19.2 Å². The second-order valence-corrected chi connectivity index (χ2v) is 6.33. The molecule has 1 saturated heterocycles. The van der Waals surface area contributed by atoms with Crippen LogP contribution in [0.2, 0.25) is 0 Å². The molecule has 0 unspecified atom stereocenters. The first-order valence-corrected chi connectivity index (χ1v) is 7.76. The molecule has 1 fully saturated rings. The fraction of sp³-hybridized carbons (Fsp3) is 0.333. The first-order valence-electron chi connectivity index (χ1n) is 6.97. The van der Waals surface area contributed by atoms with E-state index < -0.39 is 36.3 Å². The maximum absolute atomic E-state index is 12.1. The van der Waals surface area contributed by atoms with E-state index in [0.29, 0.717) is 15.1 Å². The molecule has 0 aliphatic carbocycles. The molecule has 0 aromatic heterocycles. The molecule has 1 aromatic carbocycles. The summed E-state index contributed by atoms with van der Waals surface area (Å²) in [6, 6.07) is 4.13. The number of urea groups is 1. The monoisotopic (exact) mass is 381 g/mol. The van der Waals surface area contributed by atoms with Crippen molar-refractivity contribution in [3.63, 3.8) is 0 Å². The third-order valence-electron chi connectivity index (χ3n) is 3.30. The molecular weight excluding hydrogens is 366 g/mol. The minimum atomic E-state index is -0.984. The lowest BCUT2D eigenvalue weighted by Crippen LogP contribution is -2.40. The molecule has 8 heteroatoms. The van der Waals surface area contributed by atoms with E-state index in [2.05, 4.69) is 21.2 Å². The minimum absolute atomic E-state index is 0.446. The van der Waals surface area contributed by atoms with E-state index in [1.807, 2.05) is 19.1 Å². The number of rotatable bonds is 4. The Morgan fingerprint density at radius 1 is 1.22 bits per heavy atom. The van der Waals surface area contributed by atoms with Gasteiger partial charge < -0.3 is 5.32 Å². The molecule has 0 bridgehead atoms. The average Bonchev–Trinajstić information content (AvgIpc) is 2.66. The van der Waals surface area contributed by atoms with Gasteiger partial charge in [-0.3, -0.25) is 19.3 Å². The SMILES string of the molecule is Cc1ccc(NC(=O)CN2C(=O)C(=O)N(C(C)C)C2=O)c(Br)c1. The summed E-state index contributed by atoms with van der Waals surface area (Å²) in [5, 5.41) is 2.60. The lowest BCUT2D eigenvalue weighted by molar-refractivity contribution is -0.144. The zero-order valence-electron chi connectivity index (χ0n) is 12.9. The topological polar surface area (TPSA) is 86.8 Å². The van der Waals surface area contributed by atoms with Gasteiger partial charge in [-0.25, -0.2) is 9.69 Å². The summed E-state index contributed by atoms with van der Waals surface area (Å²) < 4.78 is 0.685. The fourth-order valence-corrected chi connectivity index (χ4v) is 2.76. The Labute approximate surface area is 141 Å². The Morgan fingerprint density at radius 2 is 1.87 bits per heavy atom. The van der Waals surface area contributed by atoms with Crippen molar-refractivity contribution in [3.8, 4) is 0 Å². The zero-order chi connectivity index (χ0) is 17.3. The number of carbonyl (C=O) groups is 4. The molecular formula is C15H16BrN3O4. The maximum Gasteiger partial charge on any atom is 0.334 e. The second kappa shape index (κ2) is 6.49. The standard InChI is InChI=1S/C15H16BrN3O4/c1-8(2)19-14(22)13(21)18(15(19)23)7-12(20)17-11-5-4-9(3)6-10(11)16/h4-6,8H,7H2,1-3H3,(H,17,20). The molecule has 23 heavy (non-hydrogen) atoms. The van der Waals surface area contributed by atoms with E-state index in [1.54, 1.807) is 19.9 Å². The summed E-state index contributed by atoms with van der Waals surface area (Å²) in [5.41, 5.74) is 1.53. The molecule has 0 atom stereocenters. The third-order valence-corrected chi connectivity index (χ3v) is 3.96. The maximum atomic E-state index is 12.1. The number of imide groups is 2. The molecule has 0 radical (unpaired) electrons. The highest BCUT2D eigenvalue weighted by atomic mass is 79.9. The van der Waals surface area contributed by atoms with Crippen LogP contribution in [0.3, 0.4) is 0 Å². The van der Waals surface area contributed by atoms with E-state index >= 15 is 0 Å². The fourth-order valence-electron chi connectivity index (χ4n) is 2.17. The normalized spacial score (nSPS) is 14.9. The molecule has 1 aliphatic rings. The molecule has 1 aliphatic heterocycles. The quantitative estimate of drug-likeness (QED) is 0.637. The number of carbonyl (C=O) groups excluding carboxylic acids is 4. The number of nitrogens with zero attached hydrogens (tertiary/aromatic N) is 2. The first kappa shape index (κ1) is 17.1. The van der Waals surface area contributed by atoms with Gasteiger partial charge in [0.15, 0.2) is 0 Å². The predicted octanol–water partition coefficient (Wildman–Crippen LogP) is 1.90. The highest BCUT2D eigenvalue weighted by molar-refractivity contribution is 9.10. The lowest BCUT2D eigenvalue weighted by atomic mass is 10.2. The number of aryl methyl sites for hydroxylation is 1. The van der Waals surface area contributed by atoms with E-state index in [-0.39, 0.29) is 0 Å². The summed E-state index contributed by atoms with van der Waals surface area (Å²) in [7, 11) is 0. The van der Waals surface area contributed by atoms with Gasteiger partial charge in [0, 0.05) is 10.5 Å². The van der Waals surface area contributed by atoms with Crippen LogP contribution in [0, 0.1) is 6.92 Å². The van der Waals surface area contributed by atoms with Crippen LogP contribution in [-0.2, 0) is 14.4 Å². The molecule has 0 saturated carbocycles. The highest BCUT2D eigenvalue weighted by Crippen LogP contribution is 2.23. The molecule has 7 nitrogen and oxygen atoms in total. The summed E-state index contributed by atoms with van der Waals surface area (Å²) in [4.78, 5) is 49.3. The summed E-state index contributed by atoms with van der Waals surface area (Å²) in [6.45, 7) is 4.64. The van der Waals surface area contributed by atoms with Crippen molar-refractivity contribution in [3.05, 3.63) is 28.2 Å². The van der Waals surface area contributed by atoms with Gasteiger partial charge in [0.1, 0.15) is 6.54 Å². The van der Waals surface area contributed by atoms with Crippen molar-refractivity contribution in [1.82, 2.24) is 9.80 Å². The second-order valence-electron chi connectivity index (χ2n) is 5.47. The number of hydrogen-bond donors (Lipinski definition) is 1. The van der Waals surface area contributed by atoms with Crippen LogP contribution >= 0.6 is 15.9 Å². The van der Waals surface area contributed by atoms with Crippen LogP contribution < -0.4 is 5.32 Å². The van der Waals surface area contributed by atoms with Gasteiger partial charge in [-0.05, 0) is 54.4 Å². The Bertz CT molecular complexity index is 702. The minimum Gasteiger partial charge on any atom is -0.323 e. The van der Waals surface area contributed by atoms with Gasteiger partial charge in [0.05, 0.1) is 5.69 Å². The van der Waals surface area contributed by atoms with Crippen LogP contribution in [0.1, 0.15) is 19.4 Å². The zero-order valence-corrected chi connectivity index (χ0v) is 14.5. The van der Waals surface area contributed by atoms with Crippen molar-refractivity contribution < 1.29 is 19.2 Å². The average molecular weight is 382 g/mol. The molecule has 1 N–H and O–H groups in total. The Kier molecular flexibility index (Phi) is 4.84. The number of benzene rings is 1. The summed E-state index contributed by atoms with van der Waals surface area (Å²) >= 11 is 3.33. The van der Waals surface area contributed by atoms with Crippen molar-refractivity contribution in [1.29, 1.82) is 0 Å². The van der Waals surface area contributed by atoms with Crippen molar-refractivity contribution in [2.45, 2.75) is 26.8 Å². The molecule has 1 aromatic rings. The number of nitrogens with one attached hydrogen (secondary N) is 1. The highest BCUT2D eigenvalue weighted by Gasteiger charge is 2.46. The Morgan fingerprint density at radius 3 is 2.39 bits per heavy atom. The van der Waals surface area contributed by atoms with Crippen molar-refractivity contribution >= 4 is 45.4 Å². The van der Waals surface area contributed by atoms with E-state index in [0.717, 1.165) is 10.5 Å². The number of amides is 5. The van der Waals surface area contributed by atoms with Gasteiger partial charge in [-0.2, -0.15) is 0 Å². The molecule has 122 valence electrons. The van der Waals surface area contributed by atoms with Crippen LogP contribution in [-0.4, -0.2) is 46.1 Å². The van der Waals surface area contributed by atoms with Gasteiger partial charge in [-0.1, -0.05) is 6.07 Å². The largest absolute Gasteiger partial charge is 0.334 e. The molecule has 5 amide bonds. The van der Waals surface area contributed by atoms with E-state index in [1.165, 1.54) is 0 Å². The number of halogens is 1. The van der Waals surface area contributed by atoms with E-state index in [4.69, 9.17) is 0 Å².